The number of methoxy groups -OCH3 is 1. The lowest BCUT2D eigenvalue weighted by Gasteiger charge is -2.14. The first kappa shape index (κ1) is 21.0. The molecule has 152 valence electrons. The maximum atomic E-state index is 12.2. The molecule has 3 rings (SSSR count). The third kappa shape index (κ3) is 5.65. The van der Waals surface area contributed by atoms with Crippen LogP contribution in [0.3, 0.4) is 0 Å². The highest BCUT2D eigenvalue weighted by molar-refractivity contribution is 7.99. The summed E-state index contributed by atoms with van der Waals surface area (Å²) in [5.74, 6) is 2.13. The molecular formula is C20H21ClN4O3S. The minimum atomic E-state index is -0.322. The van der Waals surface area contributed by atoms with Gasteiger partial charge in [0.05, 0.1) is 12.9 Å². The Balaban J connectivity index is 1.58. The fourth-order valence-electron chi connectivity index (χ4n) is 2.60. The van der Waals surface area contributed by atoms with Gasteiger partial charge in [0.25, 0.3) is 0 Å². The van der Waals surface area contributed by atoms with Gasteiger partial charge in [0.15, 0.2) is 17.1 Å². The highest BCUT2D eigenvalue weighted by Crippen LogP contribution is 2.26. The van der Waals surface area contributed by atoms with Crippen molar-refractivity contribution in [3.8, 4) is 11.5 Å². The fraction of sp³-hybridized carbons (Fsp3) is 0.250. The van der Waals surface area contributed by atoms with Gasteiger partial charge in [-0.25, -0.2) is 0 Å². The van der Waals surface area contributed by atoms with Gasteiger partial charge in [0, 0.05) is 23.8 Å². The van der Waals surface area contributed by atoms with Crippen LogP contribution in [0.15, 0.2) is 53.7 Å². The topological polar surface area (TPSA) is 78.3 Å². The predicted octanol–water partition coefficient (Wildman–Crippen LogP) is 4.35. The average molecular weight is 433 g/mol. The van der Waals surface area contributed by atoms with Gasteiger partial charge < -0.3 is 19.4 Å². The van der Waals surface area contributed by atoms with Crippen LogP contribution in [0.4, 0.5) is 5.69 Å². The molecule has 1 amide bonds. The van der Waals surface area contributed by atoms with Crippen molar-refractivity contribution < 1.29 is 14.3 Å². The van der Waals surface area contributed by atoms with Gasteiger partial charge in [-0.3, -0.25) is 4.79 Å². The van der Waals surface area contributed by atoms with Crippen LogP contribution < -0.4 is 14.8 Å². The molecular weight excluding hydrogens is 412 g/mol. The molecule has 1 unspecified atom stereocenters. The van der Waals surface area contributed by atoms with Crippen molar-refractivity contribution in [2.75, 3.05) is 18.2 Å². The normalized spacial score (nSPS) is 11.7. The number of amides is 1. The SMILES string of the molecule is COc1cccc(OC(C)c2nnc(SCC(=O)Nc3ccc(Cl)cc3)n2C)c1. The molecule has 1 heterocycles. The van der Waals surface area contributed by atoms with Crippen molar-refractivity contribution in [3.63, 3.8) is 0 Å². The highest BCUT2D eigenvalue weighted by atomic mass is 35.5. The van der Waals surface area contributed by atoms with Gasteiger partial charge in [-0.2, -0.15) is 0 Å². The van der Waals surface area contributed by atoms with Crippen molar-refractivity contribution in [1.29, 1.82) is 0 Å². The van der Waals surface area contributed by atoms with Crippen LogP contribution in [0, 0.1) is 0 Å². The average Bonchev–Trinajstić information content (AvgIpc) is 3.09. The maximum Gasteiger partial charge on any atom is 0.234 e. The number of carbonyl (C=O) groups is 1. The first-order valence-electron chi connectivity index (χ1n) is 8.84. The lowest BCUT2D eigenvalue weighted by atomic mass is 10.3. The summed E-state index contributed by atoms with van der Waals surface area (Å²) in [6.07, 6.45) is -0.322. The van der Waals surface area contributed by atoms with E-state index in [4.69, 9.17) is 21.1 Å². The summed E-state index contributed by atoms with van der Waals surface area (Å²) >= 11 is 7.15. The lowest BCUT2D eigenvalue weighted by Crippen LogP contribution is -2.14. The minimum absolute atomic E-state index is 0.137. The van der Waals surface area contributed by atoms with Gasteiger partial charge >= 0.3 is 0 Å². The van der Waals surface area contributed by atoms with Gasteiger partial charge in [-0.15, -0.1) is 10.2 Å². The van der Waals surface area contributed by atoms with E-state index in [9.17, 15) is 4.79 Å². The van der Waals surface area contributed by atoms with Crippen molar-refractivity contribution in [2.24, 2.45) is 7.05 Å². The molecule has 0 saturated heterocycles. The Bertz CT molecular complexity index is 978. The smallest absolute Gasteiger partial charge is 0.234 e. The van der Waals surface area contributed by atoms with E-state index < -0.39 is 0 Å². The van der Waals surface area contributed by atoms with Crippen LogP contribution in [0.25, 0.3) is 0 Å². The summed E-state index contributed by atoms with van der Waals surface area (Å²) in [6, 6.07) is 14.3. The largest absolute Gasteiger partial charge is 0.497 e. The van der Waals surface area contributed by atoms with Crippen molar-refractivity contribution in [3.05, 3.63) is 59.4 Å². The Morgan fingerprint density at radius 2 is 1.93 bits per heavy atom. The number of nitrogens with one attached hydrogen (secondary N) is 1. The molecule has 29 heavy (non-hydrogen) atoms. The van der Waals surface area contributed by atoms with Gasteiger partial charge in [-0.1, -0.05) is 29.4 Å². The summed E-state index contributed by atoms with van der Waals surface area (Å²) in [4.78, 5) is 12.2. The number of hydrogen-bond acceptors (Lipinski definition) is 6. The molecule has 0 bridgehead atoms. The molecule has 0 fully saturated rings. The third-order valence-electron chi connectivity index (χ3n) is 4.05. The molecule has 2 aromatic carbocycles. The number of rotatable bonds is 8. The molecule has 1 N–H and O–H groups in total. The van der Waals surface area contributed by atoms with Crippen LogP contribution >= 0.6 is 23.4 Å². The molecule has 0 aliphatic rings. The molecule has 0 spiro atoms. The highest BCUT2D eigenvalue weighted by Gasteiger charge is 2.18. The van der Waals surface area contributed by atoms with Crippen LogP contribution in [0.1, 0.15) is 18.9 Å². The van der Waals surface area contributed by atoms with E-state index in [1.165, 1.54) is 11.8 Å². The Kier molecular flexibility index (Phi) is 7.00. The molecule has 1 atom stereocenters. The van der Waals surface area contributed by atoms with E-state index in [0.717, 1.165) is 5.75 Å². The van der Waals surface area contributed by atoms with Crippen molar-refractivity contribution >= 4 is 35.0 Å². The number of anilines is 1. The molecule has 0 saturated carbocycles. The van der Waals surface area contributed by atoms with Crippen LogP contribution in [-0.4, -0.2) is 33.5 Å². The zero-order chi connectivity index (χ0) is 20.8. The molecule has 1 aromatic heterocycles. The lowest BCUT2D eigenvalue weighted by molar-refractivity contribution is -0.113. The predicted molar refractivity (Wildman–Crippen MR) is 114 cm³/mol. The number of ether oxygens (including phenoxy) is 2. The second kappa shape index (κ2) is 9.67. The molecule has 0 aliphatic carbocycles. The Morgan fingerprint density at radius 1 is 1.21 bits per heavy atom. The van der Waals surface area contributed by atoms with E-state index in [0.29, 0.717) is 27.4 Å². The quantitative estimate of drug-likeness (QED) is 0.533. The molecule has 0 aliphatic heterocycles. The van der Waals surface area contributed by atoms with Crippen molar-refractivity contribution in [1.82, 2.24) is 14.8 Å². The summed E-state index contributed by atoms with van der Waals surface area (Å²) in [6.45, 7) is 1.89. The van der Waals surface area contributed by atoms with E-state index in [1.807, 2.05) is 42.8 Å². The molecule has 7 nitrogen and oxygen atoms in total. The van der Waals surface area contributed by atoms with E-state index in [1.54, 1.807) is 31.4 Å². The summed E-state index contributed by atoms with van der Waals surface area (Å²) in [5, 5.41) is 12.5. The number of benzene rings is 2. The van der Waals surface area contributed by atoms with Crippen molar-refractivity contribution in [2.45, 2.75) is 18.2 Å². The number of halogens is 1. The second-order valence-electron chi connectivity index (χ2n) is 6.18. The first-order valence-corrected chi connectivity index (χ1v) is 10.2. The zero-order valence-electron chi connectivity index (χ0n) is 16.3. The Morgan fingerprint density at radius 3 is 2.66 bits per heavy atom. The van der Waals surface area contributed by atoms with Gasteiger partial charge in [0.1, 0.15) is 11.5 Å². The number of aromatic nitrogens is 3. The maximum absolute atomic E-state index is 12.2. The Labute approximate surface area is 178 Å². The monoisotopic (exact) mass is 432 g/mol. The number of carbonyl (C=O) groups excluding carboxylic acids is 1. The minimum Gasteiger partial charge on any atom is -0.497 e. The summed E-state index contributed by atoms with van der Waals surface area (Å²) < 4.78 is 13.0. The standard InChI is InChI=1S/C20H21ClN4O3S/c1-13(28-17-6-4-5-16(11-17)27-3)19-23-24-20(25(19)2)29-12-18(26)22-15-9-7-14(21)8-10-15/h4-11,13H,12H2,1-3H3,(H,22,26). The van der Waals surface area contributed by atoms with Crippen LogP contribution in [0.2, 0.25) is 5.02 Å². The third-order valence-corrected chi connectivity index (χ3v) is 5.32. The zero-order valence-corrected chi connectivity index (χ0v) is 17.8. The fourth-order valence-corrected chi connectivity index (χ4v) is 3.44. The molecule has 9 heteroatoms. The number of nitrogens with zero attached hydrogens (tertiary/aromatic N) is 3. The van der Waals surface area contributed by atoms with Gasteiger partial charge in [-0.05, 0) is 43.3 Å². The molecule has 3 aromatic rings. The Hall–Kier alpha value is -2.71. The van der Waals surface area contributed by atoms with Crippen LogP contribution in [-0.2, 0) is 11.8 Å². The molecule has 0 radical (unpaired) electrons. The van der Waals surface area contributed by atoms with Crippen LogP contribution in [0.5, 0.6) is 11.5 Å². The van der Waals surface area contributed by atoms with Gasteiger partial charge in [0.2, 0.25) is 5.91 Å². The summed E-state index contributed by atoms with van der Waals surface area (Å²) in [5.41, 5.74) is 0.693. The van der Waals surface area contributed by atoms with E-state index >= 15 is 0 Å². The van der Waals surface area contributed by atoms with E-state index in [2.05, 4.69) is 15.5 Å². The number of thioether (sulfide) groups is 1. The number of hydrogen-bond donors (Lipinski definition) is 1. The summed E-state index contributed by atoms with van der Waals surface area (Å²) in [7, 11) is 3.46. The first-order chi connectivity index (χ1) is 14.0. The second-order valence-corrected chi connectivity index (χ2v) is 7.56. The van der Waals surface area contributed by atoms with E-state index in [-0.39, 0.29) is 17.8 Å².